The molecular weight excluding hydrogens is 402 g/mol. The highest BCUT2D eigenvalue weighted by Gasteiger charge is 2.32. The molecule has 0 spiro atoms. The molecule has 0 aromatic heterocycles. The van der Waals surface area contributed by atoms with Crippen LogP contribution in [0, 0.1) is 10.1 Å². The summed E-state index contributed by atoms with van der Waals surface area (Å²) >= 11 is 0. The summed E-state index contributed by atoms with van der Waals surface area (Å²) in [5.74, 6) is -0.853. The first-order valence-corrected chi connectivity index (χ1v) is 9.02. The number of nitrogens with zero attached hydrogens (tertiary/aromatic N) is 5. The van der Waals surface area contributed by atoms with Gasteiger partial charge in [0, 0.05) is 17.7 Å². The van der Waals surface area contributed by atoms with Crippen molar-refractivity contribution in [3.8, 4) is 0 Å². The number of rotatable bonds is 5. The predicted octanol–water partition coefficient (Wildman–Crippen LogP) is 3.62. The number of nitro groups is 1. The van der Waals surface area contributed by atoms with Crippen molar-refractivity contribution in [3.05, 3.63) is 100 Å². The number of hydrogen-bond acceptors (Lipinski definition) is 5. The van der Waals surface area contributed by atoms with Gasteiger partial charge in [-0.1, -0.05) is 30.3 Å². The first kappa shape index (κ1) is 19.6. The van der Waals surface area contributed by atoms with Crippen LogP contribution in [0.15, 0.2) is 84.0 Å². The van der Waals surface area contributed by atoms with Gasteiger partial charge in [0.2, 0.25) is 0 Å². The normalized spacial score (nSPS) is 13.4. The number of urea groups is 1. The van der Waals surface area contributed by atoms with Crippen molar-refractivity contribution in [2.45, 2.75) is 0 Å². The van der Waals surface area contributed by atoms with Gasteiger partial charge in [0.05, 0.1) is 21.9 Å². The van der Waals surface area contributed by atoms with Crippen LogP contribution in [0.4, 0.5) is 21.9 Å². The molecule has 0 saturated carbocycles. The number of hydrogen-bond donors (Lipinski definition) is 1. The molecule has 0 fully saturated rings. The van der Waals surface area contributed by atoms with E-state index in [9.17, 15) is 19.7 Å². The van der Waals surface area contributed by atoms with E-state index in [0.29, 0.717) is 16.9 Å². The zero-order valence-electron chi connectivity index (χ0n) is 15.8. The van der Waals surface area contributed by atoms with Crippen molar-refractivity contribution in [1.29, 1.82) is 0 Å². The summed E-state index contributed by atoms with van der Waals surface area (Å²) in [7, 11) is 0. The lowest BCUT2D eigenvalue weighted by Gasteiger charge is -2.31. The molecule has 3 aromatic carbocycles. The van der Waals surface area contributed by atoms with Crippen LogP contribution in [0.2, 0.25) is 0 Å². The van der Waals surface area contributed by atoms with Crippen molar-refractivity contribution >= 4 is 34.9 Å². The van der Waals surface area contributed by atoms with Crippen LogP contribution in [-0.4, -0.2) is 27.9 Å². The Hall–Kier alpha value is -4.73. The number of carbonyl (C=O) groups excluding carboxylic acids is 1. The molecule has 1 heterocycles. The number of non-ortho nitro benzene ring substituents is 1. The molecule has 0 atom stereocenters. The fourth-order valence-electron chi connectivity index (χ4n) is 2.88. The van der Waals surface area contributed by atoms with E-state index in [-0.39, 0.29) is 17.1 Å². The zero-order valence-corrected chi connectivity index (χ0v) is 15.8. The summed E-state index contributed by atoms with van der Waals surface area (Å²) in [4.78, 5) is 34.7. The number of carbonyl (C=O) groups is 2. The first-order valence-electron chi connectivity index (χ1n) is 9.02. The molecule has 153 valence electrons. The molecule has 2 amide bonds. The molecule has 0 bridgehead atoms. The third kappa shape index (κ3) is 3.90. The molecule has 0 aliphatic carbocycles. The van der Waals surface area contributed by atoms with Gasteiger partial charge in [-0.3, -0.25) is 10.1 Å². The van der Waals surface area contributed by atoms with E-state index in [4.69, 9.17) is 5.11 Å². The number of nitro benzene ring substituents is 1. The second kappa shape index (κ2) is 7.95. The van der Waals surface area contributed by atoms with Crippen LogP contribution in [0.5, 0.6) is 0 Å². The number of carboxylic acids is 1. The minimum Gasteiger partial charge on any atom is -0.478 e. The highest BCUT2D eigenvalue weighted by atomic mass is 16.6. The summed E-state index contributed by atoms with van der Waals surface area (Å²) in [5.41, 5.74) is 5.58. The van der Waals surface area contributed by atoms with Gasteiger partial charge < -0.3 is 5.11 Å². The second-order valence-electron chi connectivity index (χ2n) is 6.42. The van der Waals surface area contributed by atoms with Gasteiger partial charge in [-0.2, -0.15) is 10.0 Å². The Labute approximate surface area is 175 Å². The molecule has 0 unspecified atom stereocenters. The molecule has 1 N–H and O–H groups in total. The number of amides is 2. The molecule has 10 heteroatoms. The summed E-state index contributed by atoms with van der Waals surface area (Å²) in [6, 6.07) is 19.4. The van der Waals surface area contributed by atoms with Crippen LogP contribution < -0.4 is 15.4 Å². The van der Waals surface area contributed by atoms with E-state index >= 15 is 0 Å². The summed E-state index contributed by atoms with van der Waals surface area (Å²) < 4.78 is 0. The molecular formula is C21H14N5O5. The van der Waals surface area contributed by atoms with E-state index in [1.807, 2.05) is 6.07 Å². The van der Waals surface area contributed by atoms with Crippen LogP contribution in [0.1, 0.15) is 15.9 Å². The van der Waals surface area contributed by atoms with Crippen LogP contribution in [0.25, 0.3) is 0 Å². The molecule has 1 aliphatic heterocycles. The quantitative estimate of drug-likeness (QED) is 0.501. The maximum atomic E-state index is 13.1. The van der Waals surface area contributed by atoms with Crippen molar-refractivity contribution < 1.29 is 19.6 Å². The SMILES string of the molecule is O=C(O)c1ccc(N2[N]C(c3ccccc3)=NN(c3ccc([N+](=O)[O-])cc3)C2=O)cc1. The minimum atomic E-state index is -1.09. The first-order chi connectivity index (χ1) is 14.9. The van der Waals surface area contributed by atoms with Gasteiger partial charge in [-0.05, 0) is 36.4 Å². The standard InChI is InChI=1S/C21H14N5O5/c27-20(28)15-6-8-16(9-7-15)24-21(29)25(17-10-12-18(13-11-17)26(30)31)23-19(22-24)14-4-2-1-3-5-14/h1-13H,(H,27,28). The molecule has 4 rings (SSSR count). The average Bonchev–Trinajstić information content (AvgIpc) is 2.80. The largest absolute Gasteiger partial charge is 0.478 e. The van der Waals surface area contributed by atoms with Gasteiger partial charge >= 0.3 is 12.0 Å². The van der Waals surface area contributed by atoms with Crippen LogP contribution in [-0.2, 0) is 0 Å². The highest BCUT2D eigenvalue weighted by molar-refractivity contribution is 6.13. The van der Waals surface area contributed by atoms with Crippen LogP contribution in [0.3, 0.4) is 0 Å². The third-order valence-electron chi connectivity index (χ3n) is 4.45. The Morgan fingerprint density at radius 2 is 1.45 bits per heavy atom. The maximum Gasteiger partial charge on any atom is 0.370 e. The number of anilines is 2. The molecule has 31 heavy (non-hydrogen) atoms. The second-order valence-corrected chi connectivity index (χ2v) is 6.42. The van der Waals surface area contributed by atoms with Gasteiger partial charge in [0.15, 0.2) is 5.84 Å². The number of hydrazone groups is 1. The van der Waals surface area contributed by atoms with Crippen molar-refractivity contribution in [2.24, 2.45) is 5.10 Å². The Morgan fingerprint density at radius 3 is 2.03 bits per heavy atom. The minimum absolute atomic E-state index is 0.0670. The number of aromatic carboxylic acids is 1. The maximum absolute atomic E-state index is 13.1. The van der Waals surface area contributed by atoms with E-state index in [1.165, 1.54) is 48.5 Å². The number of carboxylic acid groups (broad SMARTS) is 1. The predicted molar refractivity (Wildman–Crippen MR) is 112 cm³/mol. The fourth-order valence-corrected chi connectivity index (χ4v) is 2.88. The highest BCUT2D eigenvalue weighted by Crippen LogP contribution is 2.26. The monoisotopic (exact) mass is 416 g/mol. The fraction of sp³-hybridized carbons (Fsp3) is 0. The Morgan fingerprint density at radius 1 is 0.871 bits per heavy atom. The Kier molecular flexibility index (Phi) is 5.02. The zero-order chi connectivity index (χ0) is 22.0. The Bertz CT molecular complexity index is 1180. The van der Waals surface area contributed by atoms with Crippen molar-refractivity contribution in [3.63, 3.8) is 0 Å². The molecule has 3 aromatic rings. The lowest BCUT2D eigenvalue weighted by atomic mass is 10.2. The molecule has 0 saturated heterocycles. The lowest BCUT2D eigenvalue weighted by Crippen LogP contribution is -2.52. The van der Waals surface area contributed by atoms with Gasteiger partial charge in [0.25, 0.3) is 5.69 Å². The van der Waals surface area contributed by atoms with E-state index in [1.54, 1.807) is 24.3 Å². The van der Waals surface area contributed by atoms with Gasteiger partial charge in [0.1, 0.15) is 0 Å². The number of amidine groups is 1. The van der Waals surface area contributed by atoms with E-state index < -0.39 is 16.9 Å². The van der Waals surface area contributed by atoms with E-state index in [0.717, 1.165) is 10.0 Å². The number of benzene rings is 3. The van der Waals surface area contributed by atoms with Crippen LogP contribution >= 0.6 is 0 Å². The smallest absolute Gasteiger partial charge is 0.370 e. The topological polar surface area (TPSA) is 130 Å². The summed E-state index contributed by atoms with van der Waals surface area (Å²) in [6.07, 6.45) is 0. The average molecular weight is 416 g/mol. The third-order valence-corrected chi connectivity index (χ3v) is 4.45. The van der Waals surface area contributed by atoms with Gasteiger partial charge in [-0.15, -0.1) is 10.5 Å². The molecule has 1 aliphatic rings. The van der Waals surface area contributed by atoms with Crippen molar-refractivity contribution in [1.82, 2.24) is 5.43 Å². The Balaban J connectivity index is 1.76. The summed E-state index contributed by atoms with van der Waals surface area (Å²) in [5, 5.41) is 26.6. The lowest BCUT2D eigenvalue weighted by molar-refractivity contribution is -0.384. The van der Waals surface area contributed by atoms with Crippen molar-refractivity contribution in [2.75, 3.05) is 10.0 Å². The molecule has 10 nitrogen and oxygen atoms in total. The summed E-state index contributed by atoms with van der Waals surface area (Å²) in [6.45, 7) is 0. The van der Waals surface area contributed by atoms with Gasteiger partial charge in [-0.25, -0.2) is 9.59 Å². The molecule has 1 radical (unpaired) electrons. The van der Waals surface area contributed by atoms with E-state index in [2.05, 4.69) is 10.5 Å².